The fourth-order valence-corrected chi connectivity index (χ4v) is 3.82. The lowest BCUT2D eigenvalue weighted by atomic mass is 10.00. The summed E-state index contributed by atoms with van der Waals surface area (Å²) in [5.41, 5.74) is 4.30. The zero-order valence-electron chi connectivity index (χ0n) is 22.7. The first-order chi connectivity index (χ1) is 16.3. The fourth-order valence-electron chi connectivity index (χ4n) is 3.82. The molecule has 2 rings (SSSR count). The van der Waals surface area contributed by atoms with Gasteiger partial charge in [-0.2, -0.15) is 0 Å². The summed E-state index contributed by atoms with van der Waals surface area (Å²) >= 11 is 0. The van der Waals surface area contributed by atoms with Gasteiger partial charge in [0.15, 0.2) is 0 Å². The van der Waals surface area contributed by atoms with Crippen LogP contribution in [-0.4, -0.2) is 54.2 Å². The number of ether oxygens (including phenoxy) is 1. The van der Waals surface area contributed by atoms with Gasteiger partial charge < -0.3 is 19.6 Å². The van der Waals surface area contributed by atoms with E-state index >= 15 is 0 Å². The number of amides is 1. The number of hydrogen-bond acceptors (Lipinski definition) is 4. The van der Waals surface area contributed by atoms with Crippen LogP contribution >= 0.6 is 0 Å². The first-order valence-corrected chi connectivity index (χ1v) is 13.1. The van der Waals surface area contributed by atoms with Crippen LogP contribution in [0.1, 0.15) is 84.8 Å². The van der Waals surface area contributed by atoms with Crippen LogP contribution in [0, 0.1) is 0 Å². The molecule has 1 N–H and O–H groups in total. The lowest BCUT2D eigenvalue weighted by molar-refractivity contribution is 0.120. The summed E-state index contributed by atoms with van der Waals surface area (Å²) in [4.78, 5) is 16.8. The van der Waals surface area contributed by atoms with Gasteiger partial charge in [0.1, 0.15) is 11.5 Å². The number of allylic oxidation sites excluding steroid dienone is 4. The van der Waals surface area contributed by atoms with E-state index in [1.54, 1.807) is 4.90 Å². The van der Waals surface area contributed by atoms with Crippen molar-refractivity contribution in [1.82, 2.24) is 9.80 Å². The minimum absolute atomic E-state index is 0.216. The van der Waals surface area contributed by atoms with Gasteiger partial charge in [0.25, 0.3) is 0 Å². The zero-order chi connectivity index (χ0) is 25.5. The molecule has 192 valence electrons. The number of piperazine rings is 1. The molecule has 0 aliphatic carbocycles. The second kappa shape index (κ2) is 16.4. The number of phenolic OH excluding ortho intramolecular Hbond substituents is 1. The Kier molecular flexibility index (Phi) is 14.3. The third-order valence-corrected chi connectivity index (χ3v) is 6.02. The van der Waals surface area contributed by atoms with E-state index < -0.39 is 0 Å². The van der Waals surface area contributed by atoms with Crippen molar-refractivity contribution in [2.45, 2.75) is 86.5 Å². The van der Waals surface area contributed by atoms with Gasteiger partial charge in [-0.15, -0.1) is 0 Å². The molecular weight excluding hydrogens is 424 g/mol. The number of aryl methyl sites for hydroxylation is 1. The molecule has 1 aliphatic heterocycles. The van der Waals surface area contributed by atoms with Crippen LogP contribution in [0.3, 0.4) is 0 Å². The maximum Gasteiger partial charge on any atom is 0.415 e. The minimum Gasteiger partial charge on any atom is -0.508 e. The maximum absolute atomic E-state index is 12.8. The van der Waals surface area contributed by atoms with Gasteiger partial charge in [-0.3, -0.25) is 0 Å². The molecule has 1 aromatic rings. The van der Waals surface area contributed by atoms with E-state index in [0.29, 0.717) is 30.8 Å². The van der Waals surface area contributed by atoms with Crippen molar-refractivity contribution in [2.24, 2.45) is 0 Å². The van der Waals surface area contributed by atoms with E-state index in [4.69, 9.17) is 4.74 Å². The molecule has 1 heterocycles. The molecule has 0 radical (unpaired) electrons. The Labute approximate surface area is 208 Å². The van der Waals surface area contributed by atoms with Crippen LogP contribution < -0.4 is 4.74 Å². The summed E-state index contributed by atoms with van der Waals surface area (Å²) in [6.45, 7) is 15.5. The lowest BCUT2D eigenvalue weighted by Gasteiger charge is -2.31. The number of aromatic hydroxyl groups is 1. The predicted octanol–water partition coefficient (Wildman–Crippen LogP) is 7.13. The predicted molar refractivity (Wildman–Crippen MR) is 144 cm³/mol. The van der Waals surface area contributed by atoms with Gasteiger partial charge in [0, 0.05) is 31.7 Å². The summed E-state index contributed by atoms with van der Waals surface area (Å²) in [6, 6.07) is 3.79. The molecule has 0 bridgehead atoms. The molecule has 5 heteroatoms. The van der Waals surface area contributed by atoms with Crippen LogP contribution in [0.15, 0.2) is 35.4 Å². The van der Waals surface area contributed by atoms with E-state index in [2.05, 4.69) is 51.8 Å². The normalized spacial score (nSPS) is 14.3. The quantitative estimate of drug-likeness (QED) is 0.291. The van der Waals surface area contributed by atoms with Crippen LogP contribution in [0.25, 0.3) is 0 Å². The second-order valence-electron chi connectivity index (χ2n) is 9.28. The van der Waals surface area contributed by atoms with Crippen molar-refractivity contribution in [2.75, 3.05) is 33.2 Å². The number of phenols is 1. The van der Waals surface area contributed by atoms with Gasteiger partial charge in [0.2, 0.25) is 0 Å². The standard InChI is InChI=1S/C27H42N2O3.C2H6/c1-6-7-8-12-23-19-25(30)24(14-13-22(4)11-9-10-21(2)3)26(20-23)32-27(31)29-17-15-28(5)16-18-29;1-2/h10,13,19-20,30H,6-9,11-12,14-18H2,1-5H3;1-2H3/b22-13+;. The third-order valence-electron chi connectivity index (χ3n) is 6.02. The number of carbonyl (C=O) groups excluding carboxylic acids is 1. The molecule has 1 aromatic carbocycles. The van der Waals surface area contributed by atoms with Gasteiger partial charge in [-0.05, 0) is 77.6 Å². The van der Waals surface area contributed by atoms with Crippen molar-refractivity contribution in [3.63, 3.8) is 0 Å². The Hall–Kier alpha value is -2.27. The number of carbonyl (C=O) groups is 1. The Morgan fingerprint density at radius 2 is 1.74 bits per heavy atom. The summed E-state index contributed by atoms with van der Waals surface area (Å²) in [7, 11) is 2.06. The molecule has 0 aromatic heterocycles. The molecule has 0 saturated carbocycles. The molecule has 5 nitrogen and oxygen atoms in total. The van der Waals surface area contributed by atoms with E-state index in [9.17, 15) is 9.90 Å². The largest absolute Gasteiger partial charge is 0.508 e. The molecule has 1 saturated heterocycles. The number of rotatable bonds is 10. The van der Waals surface area contributed by atoms with Crippen molar-refractivity contribution >= 4 is 6.09 Å². The summed E-state index contributed by atoms with van der Waals surface area (Å²) in [5, 5.41) is 10.8. The van der Waals surface area contributed by atoms with Gasteiger partial charge in [0.05, 0.1) is 0 Å². The average molecular weight is 473 g/mol. The summed E-state index contributed by atoms with van der Waals surface area (Å²) in [5.74, 6) is 0.710. The fraction of sp³-hybridized carbons (Fsp3) is 0.621. The molecule has 0 spiro atoms. The van der Waals surface area contributed by atoms with Crippen LogP contribution in [0.4, 0.5) is 4.79 Å². The molecular formula is C29H48N2O3. The molecule has 1 fully saturated rings. The molecule has 1 aliphatic rings. The number of nitrogens with zero attached hydrogens (tertiary/aromatic N) is 2. The van der Waals surface area contributed by atoms with E-state index in [1.165, 1.54) is 11.1 Å². The average Bonchev–Trinajstić information content (AvgIpc) is 2.80. The Balaban J connectivity index is 0.00000281. The van der Waals surface area contributed by atoms with Crippen molar-refractivity contribution in [3.8, 4) is 11.5 Å². The van der Waals surface area contributed by atoms with Crippen LogP contribution in [-0.2, 0) is 12.8 Å². The molecule has 1 amide bonds. The van der Waals surface area contributed by atoms with Crippen LogP contribution in [0.2, 0.25) is 0 Å². The topological polar surface area (TPSA) is 53.0 Å². The Morgan fingerprint density at radius 1 is 1.06 bits per heavy atom. The first kappa shape index (κ1) is 29.8. The van der Waals surface area contributed by atoms with E-state index in [-0.39, 0.29) is 11.8 Å². The highest BCUT2D eigenvalue weighted by atomic mass is 16.6. The van der Waals surface area contributed by atoms with Crippen molar-refractivity contribution < 1.29 is 14.6 Å². The SMILES string of the molecule is CC.CCCCCc1cc(O)c(C/C=C(\C)CCC=C(C)C)c(OC(=O)N2CCN(C)CC2)c1. The Bertz CT molecular complexity index is 802. The second-order valence-corrected chi connectivity index (χ2v) is 9.28. The minimum atomic E-state index is -0.325. The monoisotopic (exact) mass is 472 g/mol. The highest BCUT2D eigenvalue weighted by Gasteiger charge is 2.22. The molecule has 0 atom stereocenters. The zero-order valence-corrected chi connectivity index (χ0v) is 22.7. The molecule has 34 heavy (non-hydrogen) atoms. The molecule has 0 unspecified atom stereocenters. The van der Waals surface area contributed by atoms with Crippen LogP contribution in [0.5, 0.6) is 11.5 Å². The smallest absolute Gasteiger partial charge is 0.415 e. The van der Waals surface area contributed by atoms with Crippen molar-refractivity contribution in [1.29, 1.82) is 0 Å². The maximum atomic E-state index is 12.8. The highest BCUT2D eigenvalue weighted by molar-refractivity contribution is 5.72. The van der Waals surface area contributed by atoms with Gasteiger partial charge in [-0.1, -0.05) is 56.9 Å². The van der Waals surface area contributed by atoms with Crippen molar-refractivity contribution in [3.05, 3.63) is 46.6 Å². The third kappa shape index (κ3) is 10.8. The lowest BCUT2D eigenvalue weighted by Crippen LogP contribution is -2.48. The van der Waals surface area contributed by atoms with Gasteiger partial charge >= 0.3 is 6.09 Å². The highest BCUT2D eigenvalue weighted by Crippen LogP contribution is 2.32. The first-order valence-electron chi connectivity index (χ1n) is 13.1. The number of unbranched alkanes of at least 4 members (excludes halogenated alkanes) is 2. The van der Waals surface area contributed by atoms with E-state index in [1.807, 2.05) is 26.0 Å². The number of hydrogen-bond donors (Lipinski definition) is 1. The number of likely N-dealkylation sites (N-methyl/N-ethyl adjacent to an activating group) is 1. The van der Waals surface area contributed by atoms with Gasteiger partial charge in [-0.25, -0.2) is 4.79 Å². The summed E-state index contributed by atoms with van der Waals surface area (Å²) in [6.07, 6.45) is 10.8. The summed E-state index contributed by atoms with van der Waals surface area (Å²) < 4.78 is 5.86. The van der Waals surface area contributed by atoms with E-state index in [0.717, 1.165) is 57.2 Å². The number of benzene rings is 1. The Morgan fingerprint density at radius 3 is 2.35 bits per heavy atom.